The summed E-state index contributed by atoms with van der Waals surface area (Å²) in [4.78, 5) is 3.20. The Morgan fingerprint density at radius 1 is 1.80 bits per heavy atom. The maximum atomic E-state index is 8.03. The van der Waals surface area contributed by atoms with Crippen LogP contribution in [0, 0.1) is 17.0 Å². The van der Waals surface area contributed by atoms with E-state index in [0.717, 1.165) is 0 Å². The smallest absolute Gasteiger partial charge is 0.252 e. The molecule has 2 N–H and O–H groups in total. The summed E-state index contributed by atoms with van der Waals surface area (Å²) >= 11 is 3.90. The molecule has 0 aliphatic rings. The van der Waals surface area contributed by atoms with Crippen LogP contribution in [0.15, 0.2) is 10.1 Å². The maximum Gasteiger partial charge on any atom is 0.252 e. The Kier molecular flexibility index (Phi) is 5.38. The van der Waals surface area contributed by atoms with Crippen LogP contribution in [0.2, 0.25) is 0 Å². The van der Waals surface area contributed by atoms with Gasteiger partial charge in [-0.1, -0.05) is 0 Å². The number of nitrogens with one attached hydrogen (secondary N) is 2. The second-order valence-corrected chi connectivity index (χ2v) is 1.74. The average molecular weight is 157 g/mol. The van der Waals surface area contributed by atoms with Crippen LogP contribution in [0.25, 0.3) is 0 Å². The second kappa shape index (κ2) is 6.04. The van der Waals surface area contributed by atoms with E-state index < -0.39 is 0 Å². The molecule has 0 spiro atoms. The first-order chi connectivity index (χ1) is 4.85. The number of nitriles is 1. The molecule has 0 rings (SSSR count). The van der Waals surface area contributed by atoms with E-state index in [0.29, 0.717) is 12.3 Å². The second-order valence-electron chi connectivity index (χ2n) is 1.30. The van der Waals surface area contributed by atoms with Crippen molar-refractivity contribution in [1.29, 1.82) is 10.8 Å². The van der Waals surface area contributed by atoms with E-state index in [4.69, 9.17) is 10.8 Å². The predicted molar refractivity (Wildman–Crippen MR) is 40.1 cm³/mol. The standard InChI is InChI=1S/C4H7N5S/c5-3-8-4(9-6)7-1-2-10/h6,10H,1-2H2,(H,7,8). The summed E-state index contributed by atoms with van der Waals surface area (Å²) in [6.45, 7) is 0.548. The Labute approximate surface area is 64.1 Å². The van der Waals surface area contributed by atoms with Gasteiger partial charge in [-0.2, -0.15) is 17.9 Å². The van der Waals surface area contributed by atoms with Crippen molar-refractivity contribution in [3.05, 3.63) is 0 Å². The molecule has 0 aromatic rings. The van der Waals surface area contributed by atoms with Gasteiger partial charge in [0.1, 0.15) is 0 Å². The van der Waals surface area contributed by atoms with E-state index >= 15 is 0 Å². The molecule has 5 nitrogen and oxygen atoms in total. The maximum absolute atomic E-state index is 8.03. The zero-order chi connectivity index (χ0) is 7.82. The lowest BCUT2D eigenvalue weighted by Crippen LogP contribution is -2.22. The lowest BCUT2D eigenvalue weighted by Gasteiger charge is -1.96. The minimum Gasteiger partial charge on any atom is -0.352 e. The fourth-order valence-corrected chi connectivity index (χ4v) is 0.431. The number of thiol groups is 1. The van der Waals surface area contributed by atoms with Gasteiger partial charge in [-0.3, -0.25) is 0 Å². The van der Waals surface area contributed by atoms with E-state index in [1.54, 1.807) is 0 Å². The summed E-state index contributed by atoms with van der Waals surface area (Å²) in [6, 6.07) is 0. The van der Waals surface area contributed by atoms with Crippen molar-refractivity contribution in [2.45, 2.75) is 0 Å². The molecule has 0 unspecified atom stereocenters. The van der Waals surface area contributed by atoms with Crippen LogP contribution in [0.1, 0.15) is 0 Å². The number of nitrogens with zero attached hydrogens (tertiary/aromatic N) is 3. The molecule has 0 fully saturated rings. The molecule has 0 bridgehead atoms. The first kappa shape index (κ1) is 8.91. The molecule has 0 aromatic heterocycles. The van der Waals surface area contributed by atoms with Crippen molar-refractivity contribution >= 4 is 18.6 Å². The highest BCUT2D eigenvalue weighted by atomic mass is 32.1. The van der Waals surface area contributed by atoms with Crippen molar-refractivity contribution < 1.29 is 0 Å². The SMILES string of the molecule is N#C/N=C(\N=N)NCCS. The third kappa shape index (κ3) is 3.86. The van der Waals surface area contributed by atoms with Crippen molar-refractivity contribution in [2.24, 2.45) is 10.1 Å². The highest BCUT2D eigenvalue weighted by Gasteiger charge is 1.90. The average Bonchev–Trinajstić information content (AvgIpc) is 1.98. The molecule has 0 radical (unpaired) electrons. The molecule has 0 aliphatic carbocycles. The van der Waals surface area contributed by atoms with Gasteiger partial charge < -0.3 is 5.32 Å². The molecule has 0 saturated carbocycles. The van der Waals surface area contributed by atoms with Gasteiger partial charge in [0.2, 0.25) is 6.19 Å². The van der Waals surface area contributed by atoms with Gasteiger partial charge in [0.05, 0.1) is 0 Å². The Morgan fingerprint density at radius 3 is 2.90 bits per heavy atom. The molecule has 0 atom stereocenters. The molecular formula is C4H7N5S. The number of guanidine groups is 1. The predicted octanol–water partition coefficient (Wildman–Crippen LogP) is 0.374. The summed E-state index contributed by atoms with van der Waals surface area (Å²) in [5.74, 6) is 0.636. The summed E-state index contributed by atoms with van der Waals surface area (Å²) in [6.07, 6.45) is 1.51. The van der Waals surface area contributed by atoms with Gasteiger partial charge in [0.25, 0.3) is 5.96 Å². The van der Waals surface area contributed by atoms with Gasteiger partial charge in [-0.05, 0) is 0 Å². The van der Waals surface area contributed by atoms with Crippen LogP contribution in [0.5, 0.6) is 0 Å². The van der Waals surface area contributed by atoms with E-state index in [9.17, 15) is 0 Å². The van der Waals surface area contributed by atoms with Gasteiger partial charge in [0, 0.05) is 12.3 Å². The Hall–Kier alpha value is -1.09. The Balaban J connectivity index is 3.74. The van der Waals surface area contributed by atoms with E-state index in [1.807, 2.05) is 0 Å². The molecule has 54 valence electrons. The normalized spacial score (nSPS) is 10.2. The minimum atomic E-state index is 0.0246. The van der Waals surface area contributed by atoms with E-state index in [1.165, 1.54) is 6.19 Å². The van der Waals surface area contributed by atoms with Crippen molar-refractivity contribution in [3.63, 3.8) is 0 Å². The highest BCUT2D eigenvalue weighted by Crippen LogP contribution is 1.75. The van der Waals surface area contributed by atoms with Gasteiger partial charge >= 0.3 is 0 Å². The molecule has 0 aromatic carbocycles. The summed E-state index contributed by atoms with van der Waals surface area (Å²) < 4.78 is 0. The fourth-order valence-electron chi connectivity index (χ4n) is 0.319. The Morgan fingerprint density at radius 2 is 2.50 bits per heavy atom. The van der Waals surface area contributed by atoms with Gasteiger partial charge in [-0.15, -0.1) is 10.1 Å². The molecule has 0 saturated heterocycles. The quantitative estimate of drug-likeness (QED) is 0.178. The van der Waals surface area contributed by atoms with Crippen molar-refractivity contribution in [2.75, 3.05) is 12.3 Å². The van der Waals surface area contributed by atoms with Crippen LogP contribution in [0.3, 0.4) is 0 Å². The molecule has 6 heteroatoms. The van der Waals surface area contributed by atoms with Gasteiger partial charge in [0.15, 0.2) is 0 Å². The summed E-state index contributed by atoms with van der Waals surface area (Å²) in [7, 11) is 0. The zero-order valence-electron chi connectivity index (χ0n) is 5.20. The fraction of sp³-hybridized carbons (Fsp3) is 0.500. The third-order valence-electron chi connectivity index (χ3n) is 0.657. The van der Waals surface area contributed by atoms with E-state index in [-0.39, 0.29) is 5.96 Å². The summed E-state index contributed by atoms with van der Waals surface area (Å²) in [5, 5.41) is 13.6. The minimum absolute atomic E-state index is 0.0246. The molecule has 0 heterocycles. The number of rotatable bonds is 2. The van der Waals surface area contributed by atoms with Crippen LogP contribution in [-0.2, 0) is 0 Å². The molecular weight excluding hydrogens is 150 g/mol. The number of aliphatic imine (C=N–C) groups is 1. The van der Waals surface area contributed by atoms with Crippen molar-refractivity contribution in [1.82, 2.24) is 5.32 Å². The first-order valence-corrected chi connectivity index (χ1v) is 3.17. The van der Waals surface area contributed by atoms with Crippen LogP contribution >= 0.6 is 12.6 Å². The number of hydrogen-bond donors (Lipinski definition) is 3. The Bertz CT molecular complexity index is 169. The number of hydrogen-bond acceptors (Lipinski definition) is 4. The summed E-state index contributed by atoms with van der Waals surface area (Å²) in [5.41, 5.74) is 6.50. The monoisotopic (exact) mass is 157 g/mol. The van der Waals surface area contributed by atoms with Crippen LogP contribution in [0.4, 0.5) is 0 Å². The van der Waals surface area contributed by atoms with Gasteiger partial charge in [-0.25, -0.2) is 5.53 Å². The lowest BCUT2D eigenvalue weighted by atomic mass is 10.7. The molecule has 0 aliphatic heterocycles. The third-order valence-corrected chi connectivity index (χ3v) is 0.880. The largest absolute Gasteiger partial charge is 0.352 e. The van der Waals surface area contributed by atoms with Crippen LogP contribution in [-0.4, -0.2) is 18.3 Å². The first-order valence-electron chi connectivity index (χ1n) is 2.54. The lowest BCUT2D eigenvalue weighted by molar-refractivity contribution is 0.942. The highest BCUT2D eigenvalue weighted by molar-refractivity contribution is 7.80. The van der Waals surface area contributed by atoms with E-state index in [2.05, 4.69) is 28.1 Å². The zero-order valence-corrected chi connectivity index (χ0v) is 6.10. The molecule has 10 heavy (non-hydrogen) atoms. The van der Waals surface area contributed by atoms with Crippen molar-refractivity contribution in [3.8, 4) is 6.19 Å². The topological polar surface area (TPSA) is 84.4 Å². The molecule has 0 amide bonds. The van der Waals surface area contributed by atoms with Crippen LogP contribution < -0.4 is 5.32 Å².